The predicted molar refractivity (Wildman–Crippen MR) is 69.8 cm³/mol. The molecule has 17 heavy (non-hydrogen) atoms. The van der Waals surface area contributed by atoms with Crippen molar-refractivity contribution in [2.75, 3.05) is 19.7 Å². The summed E-state index contributed by atoms with van der Waals surface area (Å²) in [6.07, 6.45) is 3.46. The maximum absolute atomic E-state index is 13.4. The van der Waals surface area contributed by atoms with Crippen molar-refractivity contribution in [3.63, 3.8) is 0 Å². The van der Waals surface area contributed by atoms with Crippen molar-refractivity contribution in [1.29, 1.82) is 0 Å². The molecule has 1 heterocycles. The van der Waals surface area contributed by atoms with Crippen LogP contribution in [0.1, 0.15) is 19.3 Å². The zero-order valence-electron chi connectivity index (χ0n) is 9.72. The van der Waals surface area contributed by atoms with E-state index in [0.29, 0.717) is 18.3 Å². The normalized spacial score (nSPS) is 20.2. The predicted octanol–water partition coefficient (Wildman–Crippen LogP) is 3.36. The number of hydrogen-bond acceptors (Lipinski definition) is 2. The molecule has 0 aliphatic carbocycles. The first-order valence-electron chi connectivity index (χ1n) is 6.04. The van der Waals surface area contributed by atoms with E-state index >= 15 is 0 Å². The average Bonchev–Trinajstić information content (AvgIpc) is 2.35. The third kappa shape index (κ3) is 3.96. The number of piperidine rings is 1. The summed E-state index contributed by atoms with van der Waals surface area (Å²) >= 11 is 3.31. The molecular formula is C13H17BrFNO. The van der Waals surface area contributed by atoms with E-state index in [-0.39, 0.29) is 5.82 Å². The first kappa shape index (κ1) is 12.8. The van der Waals surface area contributed by atoms with Crippen LogP contribution < -0.4 is 10.1 Å². The van der Waals surface area contributed by atoms with Gasteiger partial charge in [-0.15, -0.1) is 0 Å². The Morgan fingerprint density at radius 2 is 2.35 bits per heavy atom. The van der Waals surface area contributed by atoms with E-state index in [1.165, 1.54) is 18.9 Å². The van der Waals surface area contributed by atoms with E-state index < -0.39 is 0 Å². The van der Waals surface area contributed by atoms with Gasteiger partial charge in [0, 0.05) is 4.47 Å². The minimum Gasteiger partial charge on any atom is -0.490 e. The molecule has 0 aromatic heterocycles. The molecule has 1 N–H and O–H groups in total. The summed E-state index contributed by atoms with van der Waals surface area (Å²) in [5, 5.41) is 3.37. The van der Waals surface area contributed by atoms with E-state index in [1.54, 1.807) is 12.1 Å². The van der Waals surface area contributed by atoms with Gasteiger partial charge in [-0.3, -0.25) is 0 Å². The second kappa shape index (κ2) is 6.36. The molecule has 1 aliphatic rings. The van der Waals surface area contributed by atoms with Crippen molar-refractivity contribution in [3.05, 3.63) is 28.5 Å². The molecule has 1 aromatic carbocycles. The fourth-order valence-electron chi connectivity index (χ4n) is 2.09. The van der Waals surface area contributed by atoms with Gasteiger partial charge in [0.1, 0.15) is 0 Å². The van der Waals surface area contributed by atoms with Gasteiger partial charge in [0.2, 0.25) is 0 Å². The second-order valence-electron chi connectivity index (χ2n) is 4.42. The molecular weight excluding hydrogens is 285 g/mol. The molecule has 0 spiro atoms. The maximum atomic E-state index is 13.4. The summed E-state index contributed by atoms with van der Waals surface area (Å²) in [5.74, 6) is 0.706. The monoisotopic (exact) mass is 301 g/mol. The Kier molecular flexibility index (Phi) is 4.80. The minimum atomic E-state index is -0.296. The van der Waals surface area contributed by atoms with Crippen LogP contribution in [-0.4, -0.2) is 19.7 Å². The van der Waals surface area contributed by atoms with Crippen LogP contribution in [0.5, 0.6) is 5.75 Å². The largest absolute Gasteiger partial charge is 0.490 e. The molecule has 0 bridgehead atoms. The van der Waals surface area contributed by atoms with E-state index in [2.05, 4.69) is 21.2 Å². The van der Waals surface area contributed by atoms with E-state index in [9.17, 15) is 4.39 Å². The van der Waals surface area contributed by atoms with Gasteiger partial charge in [-0.2, -0.15) is 0 Å². The Bertz CT molecular complexity index is 366. The molecule has 94 valence electrons. The van der Waals surface area contributed by atoms with Gasteiger partial charge in [-0.05, 0) is 56.5 Å². The van der Waals surface area contributed by atoms with Crippen molar-refractivity contribution in [3.8, 4) is 5.75 Å². The lowest BCUT2D eigenvalue weighted by molar-refractivity contribution is 0.246. The van der Waals surface area contributed by atoms with Gasteiger partial charge in [-0.25, -0.2) is 4.39 Å². The van der Waals surface area contributed by atoms with Crippen molar-refractivity contribution >= 4 is 15.9 Å². The van der Waals surface area contributed by atoms with Crippen molar-refractivity contribution in [2.24, 2.45) is 5.92 Å². The summed E-state index contributed by atoms with van der Waals surface area (Å²) in [6.45, 7) is 2.77. The number of hydrogen-bond donors (Lipinski definition) is 1. The van der Waals surface area contributed by atoms with Crippen LogP contribution in [0.15, 0.2) is 22.7 Å². The van der Waals surface area contributed by atoms with Gasteiger partial charge in [0.05, 0.1) is 6.61 Å². The Labute approximate surface area is 110 Å². The van der Waals surface area contributed by atoms with Crippen LogP contribution >= 0.6 is 15.9 Å². The fraction of sp³-hybridized carbons (Fsp3) is 0.538. The Balaban J connectivity index is 1.79. The Morgan fingerprint density at radius 3 is 3.12 bits per heavy atom. The fourth-order valence-corrected chi connectivity index (χ4v) is 2.43. The summed E-state index contributed by atoms with van der Waals surface area (Å²) in [7, 11) is 0. The molecule has 1 aliphatic heterocycles. The molecule has 2 nitrogen and oxygen atoms in total. The molecule has 2 rings (SSSR count). The first-order valence-corrected chi connectivity index (χ1v) is 6.83. The average molecular weight is 302 g/mol. The zero-order chi connectivity index (χ0) is 12.1. The lowest BCUT2D eigenvalue weighted by atomic mass is 9.97. The SMILES string of the molecule is Fc1ccc(Br)cc1OCCC1CCCNC1. The summed E-state index contributed by atoms with van der Waals surface area (Å²) < 4.78 is 19.7. The maximum Gasteiger partial charge on any atom is 0.165 e. The number of halogens is 2. The van der Waals surface area contributed by atoms with E-state index in [0.717, 1.165) is 24.0 Å². The summed E-state index contributed by atoms with van der Waals surface area (Å²) in [5.41, 5.74) is 0. The van der Waals surface area contributed by atoms with E-state index in [4.69, 9.17) is 4.74 Å². The Morgan fingerprint density at radius 1 is 1.47 bits per heavy atom. The van der Waals surface area contributed by atoms with Crippen molar-refractivity contribution in [1.82, 2.24) is 5.32 Å². The zero-order valence-corrected chi connectivity index (χ0v) is 11.3. The summed E-state index contributed by atoms with van der Waals surface area (Å²) in [4.78, 5) is 0. The number of ether oxygens (including phenoxy) is 1. The summed E-state index contributed by atoms with van der Waals surface area (Å²) in [6, 6.07) is 4.77. The lowest BCUT2D eigenvalue weighted by Crippen LogP contribution is -2.30. The van der Waals surface area contributed by atoms with Crippen LogP contribution in [0.3, 0.4) is 0 Å². The molecule has 1 aromatic rings. The third-order valence-electron chi connectivity index (χ3n) is 3.08. The van der Waals surface area contributed by atoms with E-state index in [1.807, 2.05) is 0 Å². The third-order valence-corrected chi connectivity index (χ3v) is 3.57. The molecule has 0 amide bonds. The first-order chi connectivity index (χ1) is 8.25. The smallest absolute Gasteiger partial charge is 0.165 e. The Hall–Kier alpha value is -0.610. The topological polar surface area (TPSA) is 21.3 Å². The highest BCUT2D eigenvalue weighted by atomic mass is 79.9. The highest BCUT2D eigenvalue weighted by molar-refractivity contribution is 9.10. The highest BCUT2D eigenvalue weighted by Crippen LogP contribution is 2.23. The lowest BCUT2D eigenvalue weighted by Gasteiger charge is -2.22. The van der Waals surface area contributed by atoms with Crippen LogP contribution in [-0.2, 0) is 0 Å². The van der Waals surface area contributed by atoms with Gasteiger partial charge >= 0.3 is 0 Å². The van der Waals surface area contributed by atoms with Gasteiger partial charge in [-0.1, -0.05) is 15.9 Å². The molecule has 1 fully saturated rings. The van der Waals surface area contributed by atoms with Crippen LogP contribution in [0.4, 0.5) is 4.39 Å². The van der Waals surface area contributed by atoms with Crippen molar-refractivity contribution < 1.29 is 9.13 Å². The molecule has 0 radical (unpaired) electrons. The molecule has 4 heteroatoms. The number of benzene rings is 1. The van der Waals surface area contributed by atoms with Crippen molar-refractivity contribution in [2.45, 2.75) is 19.3 Å². The standard InChI is InChI=1S/C13H17BrFNO/c14-11-3-4-12(15)13(8-11)17-7-5-10-2-1-6-16-9-10/h3-4,8,10,16H,1-2,5-7,9H2. The highest BCUT2D eigenvalue weighted by Gasteiger charge is 2.13. The quantitative estimate of drug-likeness (QED) is 0.921. The minimum absolute atomic E-state index is 0.296. The molecule has 1 atom stereocenters. The van der Waals surface area contributed by atoms with Crippen LogP contribution in [0.25, 0.3) is 0 Å². The van der Waals surface area contributed by atoms with Crippen LogP contribution in [0.2, 0.25) is 0 Å². The molecule has 1 unspecified atom stereocenters. The molecule has 0 saturated carbocycles. The van der Waals surface area contributed by atoms with Gasteiger partial charge < -0.3 is 10.1 Å². The number of nitrogens with one attached hydrogen (secondary N) is 1. The van der Waals surface area contributed by atoms with Crippen LogP contribution in [0, 0.1) is 11.7 Å². The van der Waals surface area contributed by atoms with Gasteiger partial charge in [0.25, 0.3) is 0 Å². The molecule has 1 saturated heterocycles. The number of rotatable bonds is 4. The second-order valence-corrected chi connectivity index (χ2v) is 5.34. The van der Waals surface area contributed by atoms with Gasteiger partial charge in [0.15, 0.2) is 11.6 Å².